The smallest absolute Gasteiger partial charge is 0.137 e. The normalized spacial score (nSPS) is 24.3. The van der Waals surface area contributed by atoms with E-state index in [0.29, 0.717) is 23.8 Å². The van der Waals surface area contributed by atoms with Gasteiger partial charge in [-0.2, -0.15) is 0 Å². The number of benzene rings is 1. The minimum absolute atomic E-state index is 0.429. The number of morpholine rings is 1. The average Bonchev–Trinajstić information content (AvgIpc) is 2.57. The van der Waals surface area contributed by atoms with Crippen LogP contribution >= 0.6 is 11.6 Å². The molecule has 1 aromatic rings. The van der Waals surface area contributed by atoms with Gasteiger partial charge in [-0.25, -0.2) is 0 Å². The molecule has 0 radical (unpaired) electrons. The van der Waals surface area contributed by atoms with Gasteiger partial charge >= 0.3 is 0 Å². The van der Waals surface area contributed by atoms with E-state index in [1.807, 2.05) is 12.1 Å². The first-order valence-corrected chi connectivity index (χ1v) is 9.48. The summed E-state index contributed by atoms with van der Waals surface area (Å²) in [5.74, 6) is 0.768. The summed E-state index contributed by atoms with van der Waals surface area (Å²) >= 11 is 6.41. The highest BCUT2D eigenvalue weighted by molar-refractivity contribution is 6.32. The number of nitrogens with zero attached hydrogens (tertiary/aromatic N) is 2. The number of hydrogen-bond donors (Lipinski definition) is 0. The van der Waals surface area contributed by atoms with Crippen LogP contribution < -0.4 is 4.74 Å². The third-order valence-electron chi connectivity index (χ3n) is 5.22. The van der Waals surface area contributed by atoms with E-state index in [0.717, 1.165) is 58.0 Å². The van der Waals surface area contributed by atoms with Gasteiger partial charge in [-0.15, -0.1) is 0 Å². The van der Waals surface area contributed by atoms with Crippen LogP contribution in [0, 0.1) is 0 Å². The molecule has 1 heterocycles. The van der Waals surface area contributed by atoms with E-state index < -0.39 is 0 Å². The second-order valence-corrected chi connectivity index (χ2v) is 7.37. The first-order valence-electron chi connectivity index (χ1n) is 9.10. The standard InChI is InChI=1S/C19H29ClN2O3/c1-21(16-12-17(13-16)23-2)14-15-3-4-19(18(20)11-15)25-10-7-22-5-8-24-9-6-22/h3-4,11,16-17H,5-10,12-14H2,1-2H3. The van der Waals surface area contributed by atoms with Crippen molar-refractivity contribution in [2.75, 3.05) is 53.6 Å². The summed E-state index contributed by atoms with van der Waals surface area (Å²) in [4.78, 5) is 4.73. The van der Waals surface area contributed by atoms with Crippen LogP contribution in [0.15, 0.2) is 18.2 Å². The van der Waals surface area contributed by atoms with Gasteiger partial charge in [0.2, 0.25) is 0 Å². The Kier molecular flexibility index (Phi) is 6.96. The Labute approximate surface area is 155 Å². The van der Waals surface area contributed by atoms with Crippen molar-refractivity contribution in [3.05, 3.63) is 28.8 Å². The van der Waals surface area contributed by atoms with E-state index >= 15 is 0 Å². The van der Waals surface area contributed by atoms with Gasteiger partial charge < -0.3 is 14.2 Å². The maximum Gasteiger partial charge on any atom is 0.137 e. The molecule has 1 aliphatic carbocycles. The molecule has 0 aromatic heterocycles. The summed E-state index contributed by atoms with van der Waals surface area (Å²) in [6.45, 7) is 6.05. The lowest BCUT2D eigenvalue weighted by atomic mass is 9.88. The van der Waals surface area contributed by atoms with Crippen LogP contribution in [0.5, 0.6) is 5.75 Å². The number of ether oxygens (including phenoxy) is 3. The van der Waals surface area contributed by atoms with Crippen LogP contribution in [-0.4, -0.2) is 75.6 Å². The molecule has 3 rings (SSSR count). The molecule has 6 heteroatoms. The van der Waals surface area contributed by atoms with Crippen LogP contribution in [0.2, 0.25) is 5.02 Å². The molecule has 1 saturated carbocycles. The van der Waals surface area contributed by atoms with Crippen LogP contribution in [0.4, 0.5) is 0 Å². The molecule has 140 valence electrons. The topological polar surface area (TPSA) is 34.2 Å². The number of halogens is 1. The monoisotopic (exact) mass is 368 g/mol. The fraction of sp³-hybridized carbons (Fsp3) is 0.684. The van der Waals surface area contributed by atoms with Gasteiger partial charge in [-0.05, 0) is 37.6 Å². The fourth-order valence-electron chi connectivity index (χ4n) is 3.38. The molecule has 1 aromatic carbocycles. The van der Waals surface area contributed by atoms with Crippen LogP contribution in [-0.2, 0) is 16.0 Å². The molecule has 0 bridgehead atoms. The van der Waals surface area contributed by atoms with E-state index in [-0.39, 0.29) is 0 Å². The van der Waals surface area contributed by atoms with E-state index in [9.17, 15) is 0 Å². The van der Waals surface area contributed by atoms with Crippen molar-refractivity contribution in [1.29, 1.82) is 0 Å². The Hall–Kier alpha value is -0.850. The lowest BCUT2D eigenvalue weighted by Gasteiger charge is -2.40. The zero-order chi connectivity index (χ0) is 17.6. The van der Waals surface area contributed by atoms with E-state index in [1.54, 1.807) is 7.11 Å². The fourth-order valence-corrected chi connectivity index (χ4v) is 3.63. The lowest BCUT2D eigenvalue weighted by Crippen LogP contribution is -2.45. The second-order valence-electron chi connectivity index (χ2n) is 6.97. The Morgan fingerprint density at radius 2 is 2.04 bits per heavy atom. The van der Waals surface area contributed by atoms with Gasteiger partial charge in [0, 0.05) is 39.3 Å². The quantitative estimate of drug-likeness (QED) is 0.704. The van der Waals surface area contributed by atoms with Crippen LogP contribution in [0.1, 0.15) is 18.4 Å². The van der Waals surface area contributed by atoms with Gasteiger partial charge in [0.15, 0.2) is 0 Å². The molecule has 2 fully saturated rings. The third kappa shape index (κ3) is 5.31. The van der Waals surface area contributed by atoms with E-state index in [2.05, 4.69) is 22.9 Å². The molecule has 5 nitrogen and oxygen atoms in total. The van der Waals surface area contributed by atoms with Crippen molar-refractivity contribution in [3.8, 4) is 5.75 Å². The summed E-state index contributed by atoms with van der Waals surface area (Å²) in [6, 6.07) is 6.73. The zero-order valence-corrected chi connectivity index (χ0v) is 16.0. The molecule has 2 aliphatic rings. The zero-order valence-electron chi connectivity index (χ0n) is 15.2. The van der Waals surface area contributed by atoms with Gasteiger partial charge in [-0.1, -0.05) is 17.7 Å². The largest absolute Gasteiger partial charge is 0.491 e. The highest BCUT2D eigenvalue weighted by atomic mass is 35.5. The summed E-state index contributed by atoms with van der Waals surface area (Å²) < 4.78 is 16.6. The molecule has 0 N–H and O–H groups in total. The molecule has 25 heavy (non-hydrogen) atoms. The molecule has 0 unspecified atom stereocenters. The van der Waals surface area contributed by atoms with Crippen molar-refractivity contribution in [1.82, 2.24) is 9.80 Å². The number of methoxy groups -OCH3 is 1. The minimum Gasteiger partial charge on any atom is -0.491 e. The maximum absolute atomic E-state index is 6.41. The minimum atomic E-state index is 0.429. The van der Waals surface area contributed by atoms with Crippen LogP contribution in [0.25, 0.3) is 0 Å². The SMILES string of the molecule is COC1CC(N(C)Cc2ccc(OCCN3CCOCC3)c(Cl)c2)C1. The maximum atomic E-state index is 6.41. The third-order valence-corrected chi connectivity index (χ3v) is 5.52. The summed E-state index contributed by atoms with van der Waals surface area (Å²) in [7, 11) is 3.95. The van der Waals surface area contributed by atoms with Gasteiger partial charge in [0.25, 0.3) is 0 Å². The molecule has 1 aliphatic heterocycles. The van der Waals surface area contributed by atoms with Crippen molar-refractivity contribution in [3.63, 3.8) is 0 Å². The molecule has 0 spiro atoms. The van der Waals surface area contributed by atoms with Crippen molar-refractivity contribution in [2.24, 2.45) is 0 Å². The Morgan fingerprint density at radius 3 is 2.72 bits per heavy atom. The second kappa shape index (κ2) is 9.19. The molecular formula is C19H29ClN2O3. The molecular weight excluding hydrogens is 340 g/mol. The Bertz CT molecular complexity index is 545. The molecule has 0 amide bonds. The summed E-state index contributed by atoms with van der Waals surface area (Å²) in [5, 5.41) is 0.691. The summed E-state index contributed by atoms with van der Waals surface area (Å²) in [5.41, 5.74) is 1.22. The molecule has 1 saturated heterocycles. The Morgan fingerprint density at radius 1 is 1.28 bits per heavy atom. The predicted molar refractivity (Wildman–Crippen MR) is 99.5 cm³/mol. The number of rotatable bonds is 8. The average molecular weight is 369 g/mol. The predicted octanol–water partition coefficient (Wildman–Crippen LogP) is 2.66. The van der Waals surface area contributed by atoms with Gasteiger partial charge in [0.05, 0.1) is 24.3 Å². The van der Waals surface area contributed by atoms with Gasteiger partial charge in [-0.3, -0.25) is 9.80 Å². The number of hydrogen-bond acceptors (Lipinski definition) is 5. The first-order chi connectivity index (χ1) is 12.2. The van der Waals surface area contributed by atoms with Crippen molar-refractivity contribution in [2.45, 2.75) is 31.5 Å². The highest BCUT2D eigenvalue weighted by Gasteiger charge is 2.31. The van der Waals surface area contributed by atoms with E-state index in [4.69, 9.17) is 25.8 Å². The van der Waals surface area contributed by atoms with Crippen molar-refractivity contribution < 1.29 is 14.2 Å². The van der Waals surface area contributed by atoms with Crippen molar-refractivity contribution >= 4 is 11.6 Å². The summed E-state index contributed by atoms with van der Waals surface area (Å²) in [6.07, 6.45) is 2.66. The lowest BCUT2D eigenvalue weighted by molar-refractivity contribution is -0.0216. The molecule has 0 atom stereocenters. The highest BCUT2D eigenvalue weighted by Crippen LogP contribution is 2.30. The first kappa shape index (κ1) is 18.9. The van der Waals surface area contributed by atoms with Gasteiger partial charge in [0.1, 0.15) is 12.4 Å². The Balaban J connectivity index is 1.43. The van der Waals surface area contributed by atoms with Crippen LogP contribution in [0.3, 0.4) is 0 Å². The van der Waals surface area contributed by atoms with E-state index in [1.165, 1.54) is 5.56 Å².